The number of hydrogen-bond donors (Lipinski definition) is 3. The van der Waals surface area contributed by atoms with Gasteiger partial charge in [-0.2, -0.15) is 0 Å². The number of rotatable bonds is 9. The molecule has 4 saturated carbocycles. The Bertz CT molecular complexity index is 859. The molecular formula is C28H49O8P. The molecule has 3 N–H and O–H groups in total. The minimum Gasteiger partial charge on any atom is -0.438 e. The predicted molar refractivity (Wildman–Crippen MR) is 139 cm³/mol. The van der Waals surface area contributed by atoms with E-state index in [0.29, 0.717) is 41.9 Å². The van der Waals surface area contributed by atoms with Gasteiger partial charge in [0.25, 0.3) is 0 Å². The van der Waals surface area contributed by atoms with Gasteiger partial charge in [0, 0.05) is 6.42 Å². The Labute approximate surface area is 222 Å². The average Bonchev–Trinajstić information content (AvgIpc) is 3.14. The van der Waals surface area contributed by atoms with E-state index >= 15 is 0 Å². The molecule has 4 rings (SSSR count). The van der Waals surface area contributed by atoms with Crippen LogP contribution in [-0.2, 0) is 23.4 Å². The number of ether oxygens (including phenoxy) is 2. The van der Waals surface area contributed by atoms with Gasteiger partial charge in [-0.15, -0.1) is 0 Å². The summed E-state index contributed by atoms with van der Waals surface area (Å²) in [6, 6.07) is 0. The van der Waals surface area contributed by atoms with Gasteiger partial charge in [0.2, 0.25) is 6.79 Å². The Balaban J connectivity index is 1.45. The summed E-state index contributed by atoms with van der Waals surface area (Å²) < 4.78 is 26.5. The first-order valence-electron chi connectivity index (χ1n) is 14.4. The highest BCUT2D eigenvalue weighted by Gasteiger charge is 2.63. The summed E-state index contributed by atoms with van der Waals surface area (Å²) in [7, 11) is -4.65. The first-order chi connectivity index (χ1) is 17.2. The normalized spacial score (nSPS) is 42.6. The zero-order valence-electron chi connectivity index (χ0n) is 23.3. The molecule has 214 valence electrons. The van der Waals surface area contributed by atoms with Crippen molar-refractivity contribution in [2.75, 3.05) is 6.79 Å². The first-order valence-corrected chi connectivity index (χ1v) is 16.0. The molecule has 0 radical (unpaired) electrons. The summed E-state index contributed by atoms with van der Waals surface area (Å²) in [5.41, 5.74) is 0.495. The Hall–Kier alpha value is -0.500. The van der Waals surface area contributed by atoms with Crippen molar-refractivity contribution in [1.29, 1.82) is 0 Å². The summed E-state index contributed by atoms with van der Waals surface area (Å²) in [5, 5.41) is 10.5. The summed E-state index contributed by atoms with van der Waals surface area (Å²) in [5.74, 6) is 2.71. The highest BCUT2D eigenvalue weighted by molar-refractivity contribution is 7.46. The van der Waals surface area contributed by atoms with Crippen molar-refractivity contribution in [3.63, 3.8) is 0 Å². The maximum atomic E-state index is 12.1. The molecule has 10 unspecified atom stereocenters. The van der Waals surface area contributed by atoms with Crippen LogP contribution in [0.15, 0.2) is 0 Å². The highest BCUT2D eigenvalue weighted by Crippen LogP contribution is 2.68. The quantitative estimate of drug-likeness (QED) is 0.199. The lowest BCUT2D eigenvalue weighted by Gasteiger charge is -2.63. The minimum atomic E-state index is -4.65. The number of fused-ring (bicyclic) bond motifs is 5. The largest absolute Gasteiger partial charge is 0.472 e. The van der Waals surface area contributed by atoms with Crippen LogP contribution in [0.2, 0.25) is 0 Å². The van der Waals surface area contributed by atoms with Gasteiger partial charge in [-0.3, -0.25) is 4.79 Å². The van der Waals surface area contributed by atoms with Crippen molar-refractivity contribution in [3.05, 3.63) is 0 Å². The molecule has 4 fully saturated rings. The maximum Gasteiger partial charge on any atom is 0.472 e. The van der Waals surface area contributed by atoms with E-state index in [2.05, 4.69) is 39.1 Å². The number of hydrogen-bond acceptors (Lipinski definition) is 6. The van der Waals surface area contributed by atoms with Gasteiger partial charge in [-0.05, 0) is 118 Å². The van der Waals surface area contributed by atoms with Crippen LogP contribution in [0.4, 0.5) is 0 Å². The van der Waals surface area contributed by atoms with Crippen LogP contribution in [0.1, 0.15) is 98.8 Å². The SMILES string of the molecule is CC(C)OC1CC2CC(O)CCC2(C)C2CCC3(C)C(C(C)CCC(=O)OCOP(=O)(O)O)CCC3C12. The van der Waals surface area contributed by atoms with E-state index in [1.807, 2.05) is 0 Å². The Morgan fingerprint density at radius 3 is 2.35 bits per heavy atom. The third-order valence-corrected chi connectivity index (χ3v) is 11.5. The van der Waals surface area contributed by atoms with Crippen molar-refractivity contribution in [3.8, 4) is 0 Å². The van der Waals surface area contributed by atoms with E-state index in [9.17, 15) is 14.5 Å². The van der Waals surface area contributed by atoms with Crippen molar-refractivity contribution in [2.24, 2.45) is 46.3 Å². The molecule has 0 heterocycles. The number of phosphoric acid groups is 1. The second-order valence-electron chi connectivity index (χ2n) is 13.4. The average molecular weight is 545 g/mol. The molecule has 8 nitrogen and oxygen atoms in total. The van der Waals surface area contributed by atoms with E-state index in [-0.39, 0.29) is 35.6 Å². The maximum absolute atomic E-state index is 12.1. The smallest absolute Gasteiger partial charge is 0.438 e. The van der Waals surface area contributed by atoms with Gasteiger partial charge >= 0.3 is 13.8 Å². The van der Waals surface area contributed by atoms with Crippen LogP contribution in [0, 0.1) is 46.3 Å². The standard InChI is InChI=1S/C28H49O8P/c1-17(2)36-24-15-19-14-20(29)10-12-27(19,4)23-11-13-28(5)21(7-8-22(28)26(23)24)18(3)6-9-25(30)34-16-35-37(31,32)33/h17-24,26,29H,6-16H2,1-5H3,(H2,31,32,33). The molecule has 10 atom stereocenters. The van der Waals surface area contributed by atoms with E-state index < -0.39 is 20.6 Å². The number of phosphoric ester groups is 1. The molecule has 4 aliphatic carbocycles. The van der Waals surface area contributed by atoms with Crippen LogP contribution in [0.5, 0.6) is 0 Å². The van der Waals surface area contributed by atoms with Crippen LogP contribution in [0.25, 0.3) is 0 Å². The second kappa shape index (κ2) is 11.2. The molecule has 37 heavy (non-hydrogen) atoms. The molecule has 0 amide bonds. The first kappa shape index (κ1) is 29.5. The third kappa shape index (κ3) is 6.15. The lowest BCUT2D eigenvalue weighted by atomic mass is 9.43. The molecule has 0 aromatic heterocycles. The van der Waals surface area contributed by atoms with Crippen LogP contribution < -0.4 is 0 Å². The van der Waals surface area contributed by atoms with Crippen molar-refractivity contribution < 1.29 is 38.3 Å². The van der Waals surface area contributed by atoms with E-state index in [4.69, 9.17) is 19.3 Å². The highest BCUT2D eigenvalue weighted by atomic mass is 31.2. The molecule has 0 spiro atoms. The van der Waals surface area contributed by atoms with Crippen LogP contribution >= 0.6 is 7.82 Å². The van der Waals surface area contributed by atoms with Crippen molar-refractivity contribution in [1.82, 2.24) is 0 Å². The zero-order valence-corrected chi connectivity index (χ0v) is 24.2. The summed E-state index contributed by atoms with van der Waals surface area (Å²) in [6.45, 7) is 10.8. The molecule has 0 bridgehead atoms. The zero-order chi connectivity index (χ0) is 27.2. The van der Waals surface area contributed by atoms with Crippen LogP contribution in [-0.4, -0.2) is 46.0 Å². The third-order valence-electron chi connectivity index (χ3n) is 11.1. The van der Waals surface area contributed by atoms with Gasteiger partial charge < -0.3 is 24.4 Å². The van der Waals surface area contributed by atoms with E-state index in [1.54, 1.807) is 0 Å². The molecule has 9 heteroatoms. The lowest BCUT2D eigenvalue weighted by Crippen LogP contribution is -2.59. The summed E-state index contributed by atoms with van der Waals surface area (Å²) in [4.78, 5) is 29.6. The minimum absolute atomic E-state index is 0.171. The van der Waals surface area contributed by atoms with E-state index in [1.165, 1.54) is 19.3 Å². The molecule has 0 saturated heterocycles. The van der Waals surface area contributed by atoms with Crippen LogP contribution in [0.3, 0.4) is 0 Å². The summed E-state index contributed by atoms with van der Waals surface area (Å²) >= 11 is 0. The number of aliphatic hydroxyl groups is 1. The van der Waals surface area contributed by atoms with Crippen molar-refractivity contribution >= 4 is 13.8 Å². The predicted octanol–water partition coefficient (Wildman–Crippen LogP) is 5.44. The molecular weight excluding hydrogens is 495 g/mol. The molecule has 0 aromatic carbocycles. The Morgan fingerprint density at radius 1 is 1.00 bits per heavy atom. The number of carbonyl (C=O) groups is 1. The fraction of sp³-hybridized carbons (Fsp3) is 0.964. The molecule has 4 aliphatic rings. The van der Waals surface area contributed by atoms with Gasteiger partial charge in [0.1, 0.15) is 0 Å². The fourth-order valence-corrected chi connectivity index (χ4v) is 9.61. The van der Waals surface area contributed by atoms with Gasteiger partial charge in [0.15, 0.2) is 0 Å². The monoisotopic (exact) mass is 544 g/mol. The van der Waals surface area contributed by atoms with E-state index in [0.717, 1.165) is 32.1 Å². The van der Waals surface area contributed by atoms with Gasteiger partial charge in [-0.25, -0.2) is 9.09 Å². The number of esters is 1. The second-order valence-corrected chi connectivity index (χ2v) is 14.6. The van der Waals surface area contributed by atoms with Gasteiger partial charge in [-0.1, -0.05) is 20.8 Å². The number of aliphatic hydroxyl groups excluding tert-OH is 1. The molecule has 0 aromatic rings. The Kier molecular flexibility index (Phi) is 8.90. The lowest BCUT2D eigenvalue weighted by molar-refractivity contribution is -0.196. The Morgan fingerprint density at radius 2 is 1.68 bits per heavy atom. The van der Waals surface area contributed by atoms with Gasteiger partial charge in [0.05, 0.1) is 18.3 Å². The van der Waals surface area contributed by atoms with Crippen molar-refractivity contribution in [2.45, 2.75) is 117 Å². The molecule has 0 aliphatic heterocycles. The summed E-state index contributed by atoms with van der Waals surface area (Å²) in [6.07, 6.45) is 9.96. The number of carbonyl (C=O) groups excluding carboxylic acids is 1. The topological polar surface area (TPSA) is 123 Å². The fourth-order valence-electron chi connectivity index (χ4n) is 9.42.